The van der Waals surface area contributed by atoms with Crippen LogP contribution in [0.15, 0.2) is 91.1 Å². The Bertz CT molecular complexity index is 1910. The summed E-state index contributed by atoms with van der Waals surface area (Å²) in [5, 5.41) is 33.1. The number of halogens is 3. The average Bonchev–Trinajstić information content (AvgIpc) is 3.68. The highest BCUT2D eigenvalue weighted by molar-refractivity contribution is 6.40. The summed E-state index contributed by atoms with van der Waals surface area (Å²) < 4.78 is 18.5. The van der Waals surface area contributed by atoms with Crippen molar-refractivity contribution >= 4 is 34.1 Å². The Balaban J connectivity index is 0.000000181. The van der Waals surface area contributed by atoms with Crippen molar-refractivity contribution in [2.75, 3.05) is 32.7 Å². The Morgan fingerprint density at radius 1 is 0.755 bits per heavy atom. The van der Waals surface area contributed by atoms with Crippen molar-refractivity contribution < 1.29 is 19.7 Å². The molecule has 0 aliphatic carbocycles. The van der Waals surface area contributed by atoms with Gasteiger partial charge in [0.1, 0.15) is 16.8 Å². The maximum atomic E-state index is 14.3. The maximum Gasteiger partial charge on any atom is 0.166 e. The highest BCUT2D eigenvalue weighted by Crippen LogP contribution is 2.37. The van der Waals surface area contributed by atoms with Gasteiger partial charge in [0.25, 0.3) is 0 Å². The number of imidazole rings is 1. The second kappa shape index (κ2) is 17.9. The van der Waals surface area contributed by atoms with Crippen LogP contribution in [-0.2, 0) is 18.7 Å². The molecule has 7 rings (SSSR count). The summed E-state index contributed by atoms with van der Waals surface area (Å²) in [5.74, 6) is -1.31. The zero-order valence-corrected chi connectivity index (χ0v) is 32.1. The summed E-state index contributed by atoms with van der Waals surface area (Å²) in [5.41, 5.74) is 2.27. The molecule has 284 valence electrons. The lowest BCUT2D eigenvalue weighted by molar-refractivity contribution is -0.201. The molecule has 1 atom stereocenters. The number of benzene rings is 3. The van der Waals surface area contributed by atoms with Crippen molar-refractivity contribution in [2.45, 2.75) is 88.8 Å². The molecule has 11 heteroatoms. The van der Waals surface area contributed by atoms with Crippen molar-refractivity contribution in [1.29, 1.82) is 0 Å². The molecule has 3 aromatic carbocycles. The minimum atomic E-state index is -1.76. The summed E-state index contributed by atoms with van der Waals surface area (Å²) in [6, 6.07) is 27.1. The molecule has 0 spiro atoms. The molecule has 2 aromatic heterocycles. The highest BCUT2D eigenvalue weighted by atomic mass is 35.5. The number of nitrogens with zero attached hydrogens (tertiary/aromatic N) is 5. The molecular weight excluding hydrogens is 712 g/mol. The molecule has 0 amide bonds. The summed E-state index contributed by atoms with van der Waals surface area (Å²) in [4.78, 5) is 8.77. The molecule has 2 fully saturated rings. The number of fused-ring (bicyclic) bond motifs is 1. The number of para-hydroxylation sites is 1. The van der Waals surface area contributed by atoms with Gasteiger partial charge < -0.3 is 29.4 Å². The monoisotopic (exact) mass is 763 g/mol. The molecule has 1 unspecified atom stereocenters. The first-order valence-electron chi connectivity index (χ1n) is 18.9. The third-order valence-corrected chi connectivity index (χ3v) is 11.7. The Kier molecular flexibility index (Phi) is 13.3. The van der Waals surface area contributed by atoms with Crippen LogP contribution in [0.5, 0.6) is 0 Å². The molecule has 53 heavy (non-hydrogen) atoms. The lowest BCUT2D eigenvalue weighted by atomic mass is 9.84. The van der Waals surface area contributed by atoms with Crippen molar-refractivity contribution in [2.24, 2.45) is 0 Å². The van der Waals surface area contributed by atoms with Crippen LogP contribution >= 0.6 is 23.2 Å². The summed E-state index contributed by atoms with van der Waals surface area (Å²) >= 11 is 12.1. The van der Waals surface area contributed by atoms with E-state index in [0.717, 1.165) is 69.8 Å². The van der Waals surface area contributed by atoms with Gasteiger partial charge in [-0.05, 0) is 87.7 Å². The summed E-state index contributed by atoms with van der Waals surface area (Å²) in [6.45, 7) is 7.97. The van der Waals surface area contributed by atoms with E-state index in [1.807, 2.05) is 29.7 Å². The zero-order valence-electron chi connectivity index (χ0n) is 30.6. The van der Waals surface area contributed by atoms with E-state index in [9.17, 15) is 19.7 Å². The number of aryl methyl sites for hydroxylation is 2. The maximum absolute atomic E-state index is 14.3. The minimum absolute atomic E-state index is 0.0933. The Labute approximate surface area is 322 Å². The Morgan fingerprint density at radius 3 is 2.15 bits per heavy atom. The first-order chi connectivity index (χ1) is 25.5. The van der Waals surface area contributed by atoms with Crippen LogP contribution in [0, 0.1) is 12.7 Å². The molecular formula is C42H52Cl2FN5O3. The van der Waals surface area contributed by atoms with E-state index < -0.39 is 11.4 Å². The van der Waals surface area contributed by atoms with Gasteiger partial charge in [0.2, 0.25) is 0 Å². The molecule has 8 nitrogen and oxygen atoms in total. The molecule has 2 saturated heterocycles. The van der Waals surface area contributed by atoms with E-state index >= 15 is 0 Å². The van der Waals surface area contributed by atoms with E-state index in [1.165, 1.54) is 29.8 Å². The summed E-state index contributed by atoms with van der Waals surface area (Å²) in [7, 11) is 0. The van der Waals surface area contributed by atoms with Crippen LogP contribution < -0.4 is 0 Å². The largest absolute Gasteiger partial charge is 0.385 e. The predicted molar refractivity (Wildman–Crippen MR) is 211 cm³/mol. The molecule has 5 aromatic rings. The Hall–Kier alpha value is -3.28. The summed E-state index contributed by atoms with van der Waals surface area (Å²) in [6.07, 6.45) is 8.33. The van der Waals surface area contributed by atoms with Crippen LogP contribution in [-0.4, -0.2) is 77.7 Å². The molecule has 0 saturated carbocycles. The van der Waals surface area contributed by atoms with Crippen LogP contribution in [0.1, 0.15) is 74.4 Å². The Morgan fingerprint density at radius 2 is 1.42 bits per heavy atom. The van der Waals surface area contributed by atoms with Gasteiger partial charge in [0.15, 0.2) is 10.9 Å². The number of piperidine rings is 2. The van der Waals surface area contributed by atoms with E-state index in [-0.39, 0.29) is 24.7 Å². The fraction of sp³-hybridized carbons (Fsp3) is 0.452. The van der Waals surface area contributed by atoms with Gasteiger partial charge in [0.05, 0.1) is 5.60 Å². The van der Waals surface area contributed by atoms with Gasteiger partial charge in [-0.2, -0.15) is 0 Å². The number of likely N-dealkylation sites (tertiary alicyclic amines) is 2. The molecule has 3 N–H and O–H groups in total. The third-order valence-electron chi connectivity index (χ3n) is 11.0. The minimum Gasteiger partial charge on any atom is -0.385 e. The van der Waals surface area contributed by atoms with Crippen LogP contribution in [0.3, 0.4) is 0 Å². The highest BCUT2D eigenvalue weighted by Gasteiger charge is 2.38. The van der Waals surface area contributed by atoms with Gasteiger partial charge in [-0.1, -0.05) is 89.9 Å². The topological polar surface area (TPSA) is 89.9 Å². The van der Waals surface area contributed by atoms with Crippen molar-refractivity contribution in [3.8, 4) is 0 Å². The van der Waals surface area contributed by atoms with E-state index in [2.05, 4.69) is 68.0 Å². The number of hydrogen-bond acceptors (Lipinski definition) is 6. The van der Waals surface area contributed by atoms with Gasteiger partial charge in [0, 0.05) is 68.9 Å². The molecule has 2 aliphatic rings. The van der Waals surface area contributed by atoms with Crippen molar-refractivity contribution in [3.05, 3.63) is 124 Å². The molecule has 0 radical (unpaired) electrons. The fourth-order valence-electron chi connectivity index (χ4n) is 7.82. The second-order valence-electron chi connectivity index (χ2n) is 14.6. The number of hydrogen-bond donors (Lipinski definition) is 3. The van der Waals surface area contributed by atoms with E-state index in [0.29, 0.717) is 29.0 Å². The SMILES string of the molecule is Cc1nc(Cl)c(Cl)n1CCCCN1CCC(O)(O)CC1c1ccccc1F.OC1(c2ccccc2)CCN(CCCCn2ccc3ccccc32)CC1. The molecule has 4 heterocycles. The second-order valence-corrected chi connectivity index (χ2v) is 15.3. The average molecular weight is 765 g/mol. The lowest BCUT2D eigenvalue weighted by Gasteiger charge is -2.42. The quantitative estimate of drug-likeness (QED) is 0.0875. The normalized spacial score (nSPS) is 18.9. The van der Waals surface area contributed by atoms with Crippen LogP contribution in [0.2, 0.25) is 10.3 Å². The molecule has 2 aliphatic heterocycles. The van der Waals surface area contributed by atoms with Gasteiger partial charge in [-0.3, -0.25) is 4.90 Å². The standard InChI is InChI=1S/C23H28N2O.C19H24Cl2FN3O2/c26-23(21-9-2-1-3-10-21)13-18-24(19-14-23)15-6-7-16-25-17-12-20-8-4-5-11-22(20)25;1-13-23-17(20)18(21)25(13)10-5-4-9-24-11-8-19(26,27)12-16(24)14-6-2-3-7-15(14)22/h1-5,8-12,17,26H,6-7,13-16,18-19H2;2-3,6-7,16,26-27H,4-5,8-12H2,1H3. The van der Waals surface area contributed by atoms with E-state index in [4.69, 9.17) is 23.2 Å². The zero-order chi connectivity index (χ0) is 37.4. The van der Waals surface area contributed by atoms with Crippen LogP contribution in [0.4, 0.5) is 4.39 Å². The lowest BCUT2D eigenvalue weighted by Crippen LogP contribution is -2.46. The van der Waals surface area contributed by atoms with Gasteiger partial charge in [-0.15, -0.1) is 0 Å². The van der Waals surface area contributed by atoms with Crippen LogP contribution in [0.25, 0.3) is 10.9 Å². The number of aromatic nitrogens is 3. The first kappa shape index (κ1) is 39.4. The number of unbranched alkanes of at least 4 members (excludes halogenated alkanes) is 2. The fourth-order valence-corrected chi connectivity index (χ4v) is 8.30. The third kappa shape index (κ3) is 10.1. The smallest absolute Gasteiger partial charge is 0.166 e. The molecule has 0 bridgehead atoms. The van der Waals surface area contributed by atoms with Crippen molar-refractivity contribution in [1.82, 2.24) is 23.9 Å². The van der Waals surface area contributed by atoms with Gasteiger partial charge >= 0.3 is 0 Å². The first-order valence-corrected chi connectivity index (χ1v) is 19.6. The number of aliphatic hydroxyl groups is 3. The van der Waals surface area contributed by atoms with Gasteiger partial charge in [-0.25, -0.2) is 9.37 Å². The number of rotatable bonds is 12. The predicted octanol–water partition coefficient (Wildman–Crippen LogP) is 8.34. The van der Waals surface area contributed by atoms with Crippen molar-refractivity contribution in [3.63, 3.8) is 0 Å². The van der Waals surface area contributed by atoms with E-state index in [1.54, 1.807) is 18.2 Å².